The molecular formula is C21H26BN. The summed E-state index contributed by atoms with van der Waals surface area (Å²) in [5, 5.41) is 0. The van der Waals surface area contributed by atoms with Crippen LogP contribution in [0.3, 0.4) is 0 Å². The number of pyridine rings is 1. The van der Waals surface area contributed by atoms with E-state index in [4.69, 9.17) is 0 Å². The number of nitrogens with zero attached hydrogens (tertiary/aromatic N) is 1. The number of rotatable bonds is 2. The molecule has 118 valence electrons. The third-order valence-electron chi connectivity index (χ3n) is 6.00. The monoisotopic (exact) mass is 303 g/mol. The zero-order chi connectivity index (χ0) is 15.5. The quantitative estimate of drug-likeness (QED) is 0.694. The van der Waals surface area contributed by atoms with Crippen LogP contribution in [0, 0.1) is 17.8 Å². The minimum atomic E-state index is 0.989. The van der Waals surface area contributed by atoms with Crippen molar-refractivity contribution in [1.82, 2.24) is 4.98 Å². The smallest absolute Gasteiger partial charge is 0.140 e. The Bertz CT molecular complexity index is 516. The van der Waals surface area contributed by atoms with E-state index in [0.29, 0.717) is 0 Å². The summed E-state index contributed by atoms with van der Waals surface area (Å²) in [4.78, 5) is 3.99. The van der Waals surface area contributed by atoms with Crippen molar-refractivity contribution in [2.75, 3.05) is 0 Å². The van der Waals surface area contributed by atoms with E-state index < -0.39 is 0 Å². The second-order valence-electron chi connectivity index (χ2n) is 7.90. The molecular weight excluding hydrogens is 277 g/mol. The van der Waals surface area contributed by atoms with Crippen molar-refractivity contribution in [2.24, 2.45) is 17.8 Å². The first kappa shape index (κ1) is 15.0. The predicted molar refractivity (Wildman–Crippen MR) is 98.0 cm³/mol. The van der Waals surface area contributed by atoms with E-state index in [0.717, 1.165) is 6.42 Å². The van der Waals surface area contributed by atoms with Crippen molar-refractivity contribution < 1.29 is 0 Å². The number of hydrogen-bond acceptors (Lipinski definition) is 1. The van der Waals surface area contributed by atoms with Gasteiger partial charge in [-0.2, -0.15) is 0 Å². The molecule has 0 amide bonds. The molecule has 2 heteroatoms. The molecule has 23 heavy (non-hydrogen) atoms. The summed E-state index contributed by atoms with van der Waals surface area (Å²) in [6, 6.07) is 14.5. The van der Waals surface area contributed by atoms with Crippen molar-refractivity contribution >= 4 is 6.71 Å². The summed E-state index contributed by atoms with van der Waals surface area (Å²) in [6.45, 7) is 1.18. The molecule has 1 aromatic carbocycles. The maximum Gasteiger partial charge on any atom is 0.140 e. The van der Waals surface area contributed by atoms with Crippen LogP contribution in [-0.4, -0.2) is 11.7 Å². The molecule has 1 nitrogen and oxygen atoms in total. The van der Waals surface area contributed by atoms with Gasteiger partial charge in [0.05, 0.1) is 0 Å². The summed E-state index contributed by atoms with van der Waals surface area (Å²) >= 11 is 0. The fourth-order valence-electron chi connectivity index (χ4n) is 5.32. The minimum absolute atomic E-state index is 0.989. The van der Waals surface area contributed by atoms with Gasteiger partial charge >= 0.3 is 0 Å². The Kier molecular flexibility index (Phi) is 4.50. The molecule has 0 radical (unpaired) electrons. The molecule has 3 aliphatic heterocycles. The largest absolute Gasteiger partial charge is 0.265 e. The molecule has 1 saturated carbocycles. The highest BCUT2D eigenvalue weighted by Gasteiger charge is 2.43. The van der Waals surface area contributed by atoms with Crippen molar-refractivity contribution in [3.63, 3.8) is 0 Å². The Balaban J connectivity index is 0.000000121. The van der Waals surface area contributed by atoms with Gasteiger partial charge in [-0.1, -0.05) is 49.3 Å². The molecule has 0 N–H and O–H groups in total. The molecule has 0 spiro atoms. The predicted octanol–water partition coefficient (Wildman–Crippen LogP) is 5.21. The van der Waals surface area contributed by atoms with E-state index in [2.05, 4.69) is 29.2 Å². The molecule has 4 fully saturated rings. The van der Waals surface area contributed by atoms with Crippen molar-refractivity contribution in [1.29, 1.82) is 0 Å². The van der Waals surface area contributed by atoms with Gasteiger partial charge in [0.25, 0.3) is 0 Å². The van der Waals surface area contributed by atoms with Gasteiger partial charge in [-0.3, -0.25) is 4.98 Å². The van der Waals surface area contributed by atoms with Crippen LogP contribution in [0.5, 0.6) is 0 Å². The first-order valence-electron chi connectivity index (χ1n) is 9.28. The van der Waals surface area contributed by atoms with E-state index in [9.17, 15) is 0 Å². The Morgan fingerprint density at radius 3 is 1.78 bits per heavy atom. The van der Waals surface area contributed by atoms with E-state index in [-0.39, 0.29) is 0 Å². The first-order chi connectivity index (χ1) is 11.3. The van der Waals surface area contributed by atoms with Crippen LogP contribution in [0.25, 0.3) is 0 Å². The molecule has 1 aromatic heterocycles. The van der Waals surface area contributed by atoms with Gasteiger partial charge < -0.3 is 0 Å². The zero-order valence-corrected chi connectivity index (χ0v) is 13.9. The van der Waals surface area contributed by atoms with Gasteiger partial charge in [0, 0.05) is 12.4 Å². The molecule has 0 unspecified atom stereocenters. The molecule has 4 bridgehead atoms. The fourth-order valence-corrected chi connectivity index (χ4v) is 5.32. The third-order valence-corrected chi connectivity index (χ3v) is 6.00. The summed E-state index contributed by atoms with van der Waals surface area (Å²) in [5.41, 5.74) is 2.65. The lowest BCUT2D eigenvalue weighted by molar-refractivity contribution is 0.194. The lowest BCUT2D eigenvalue weighted by atomic mass is 9.28. The van der Waals surface area contributed by atoms with Gasteiger partial charge in [-0.05, 0) is 66.7 Å². The molecule has 0 atom stereocenters. The van der Waals surface area contributed by atoms with Crippen LogP contribution in [-0.2, 0) is 6.42 Å². The van der Waals surface area contributed by atoms with Crippen molar-refractivity contribution in [3.8, 4) is 0 Å². The molecule has 3 saturated heterocycles. The minimum Gasteiger partial charge on any atom is -0.265 e. The van der Waals surface area contributed by atoms with Gasteiger partial charge in [-0.25, -0.2) is 0 Å². The number of benzene rings is 1. The second-order valence-corrected chi connectivity index (χ2v) is 7.90. The maximum absolute atomic E-state index is 3.99. The van der Waals surface area contributed by atoms with Crippen LogP contribution in [0.15, 0.2) is 54.9 Å². The molecule has 2 aromatic rings. The molecule has 6 rings (SSSR count). The summed E-state index contributed by atoms with van der Waals surface area (Å²) in [7, 11) is 0. The first-order valence-corrected chi connectivity index (χ1v) is 9.28. The average Bonchev–Trinajstić information content (AvgIpc) is 2.56. The Morgan fingerprint density at radius 2 is 1.26 bits per heavy atom. The lowest BCUT2D eigenvalue weighted by Crippen LogP contribution is -2.42. The highest BCUT2D eigenvalue weighted by molar-refractivity contribution is 6.59. The normalized spacial score (nSPS) is 27.5. The maximum atomic E-state index is 3.99. The van der Waals surface area contributed by atoms with E-state index >= 15 is 0 Å². The van der Waals surface area contributed by atoms with E-state index in [1.54, 1.807) is 38.2 Å². The topological polar surface area (TPSA) is 12.9 Å². The van der Waals surface area contributed by atoms with Crippen molar-refractivity contribution in [3.05, 3.63) is 66.0 Å². The zero-order valence-electron chi connectivity index (χ0n) is 13.9. The standard InChI is InChI=1S/C12H11N.C9H15B/c1-2-4-11(5-3-1)10-12-6-8-13-9-7-12;1-7-2-9-3-8(1)5-10(4-7)6-9/h1-9H,10H2;7-9H,1-6H2. The van der Waals surface area contributed by atoms with Crippen LogP contribution >= 0.6 is 0 Å². The van der Waals surface area contributed by atoms with Crippen molar-refractivity contribution in [2.45, 2.75) is 44.6 Å². The van der Waals surface area contributed by atoms with E-state index in [1.165, 1.54) is 35.6 Å². The van der Waals surface area contributed by atoms with Gasteiger partial charge in [-0.15, -0.1) is 0 Å². The van der Waals surface area contributed by atoms with Gasteiger partial charge in [0.1, 0.15) is 6.71 Å². The molecule has 4 heterocycles. The lowest BCUT2D eigenvalue weighted by Gasteiger charge is -2.48. The van der Waals surface area contributed by atoms with Gasteiger partial charge in [0.15, 0.2) is 0 Å². The average molecular weight is 303 g/mol. The third kappa shape index (κ3) is 3.86. The number of hydrogen-bond donors (Lipinski definition) is 0. The Labute approximate surface area is 140 Å². The second kappa shape index (κ2) is 6.90. The van der Waals surface area contributed by atoms with Crippen LogP contribution in [0.1, 0.15) is 30.4 Å². The number of aromatic nitrogens is 1. The van der Waals surface area contributed by atoms with E-state index in [1.807, 2.05) is 30.6 Å². The molecule has 1 aliphatic carbocycles. The summed E-state index contributed by atoms with van der Waals surface area (Å²) in [5.74, 6) is 3.53. The molecule has 4 aliphatic rings. The van der Waals surface area contributed by atoms with Crippen LogP contribution < -0.4 is 0 Å². The summed E-state index contributed by atoms with van der Waals surface area (Å²) < 4.78 is 0. The highest BCUT2D eigenvalue weighted by Crippen LogP contribution is 2.51. The Hall–Kier alpha value is -1.57. The summed E-state index contributed by atoms with van der Waals surface area (Å²) in [6.07, 6.45) is 14.3. The fraction of sp³-hybridized carbons (Fsp3) is 0.476. The van der Waals surface area contributed by atoms with Crippen LogP contribution in [0.2, 0.25) is 19.0 Å². The van der Waals surface area contributed by atoms with Crippen LogP contribution in [0.4, 0.5) is 0 Å². The Morgan fingerprint density at radius 1 is 0.739 bits per heavy atom. The highest BCUT2D eigenvalue weighted by atomic mass is 14.6. The van der Waals surface area contributed by atoms with Gasteiger partial charge in [0.2, 0.25) is 0 Å². The SMILES string of the molecule is C1B2CC3CC1CC(C2)C3.c1ccc(Cc2ccncc2)cc1.